The minimum absolute atomic E-state index is 0.681. The number of benzene rings is 11. The zero-order chi connectivity index (χ0) is 44.7. The Morgan fingerprint density at radius 2 is 0.776 bits per heavy atom. The van der Waals surface area contributed by atoms with Crippen molar-refractivity contribution in [3.63, 3.8) is 0 Å². The van der Waals surface area contributed by atoms with Gasteiger partial charge in [-0.25, -0.2) is 9.97 Å². The van der Waals surface area contributed by atoms with Gasteiger partial charge in [-0.1, -0.05) is 224 Å². The maximum Gasteiger partial charge on any atom is 0.160 e. The molecular formula is C65H44N2. The molecule has 0 aliphatic rings. The van der Waals surface area contributed by atoms with E-state index in [1.807, 2.05) is 0 Å². The van der Waals surface area contributed by atoms with E-state index in [2.05, 4.69) is 256 Å². The van der Waals surface area contributed by atoms with Gasteiger partial charge in [0.1, 0.15) is 0 Å². The Labute approximate surface area is 391 Å². The van der Waals surface area contributed by atoms with Crippen molar-refractivity contribution in [3.8, 4) is 89.4 Å². The standard InChI is InChI=1S/C65H44N2/c1-43-29-30-47-20-9-11-27-59(47)62(43)49-33-35-50(36-34-49)63-61-42-56(54-24-12-22-52(39-54)44-15-4-2-5-16-44)41-60(55-25-13-23-53(40-55)45-17-6-3-7-18-45)64(61)67-65(66-63)51-37-31-48(32-38-51)58-28-14-21-46-19-8-10-26-57(46)58/h2-42H,1H3. The molecule has 12 aromatic rings. The van der Waals surface area contributed by atoms with Crippen LogP contribution in [-0.4, -0.2) is 9.97 Å². The van der Waals surface area contributed by atoms with Gasteiger partial charge in [0.15, 0.2) is 5.82 Å². The van der Waals surface area contributed by atoms with E-state index in [-0.39, 0.29) is 0 Å². The molecule has 0 unspecified atom stereocenters. The Kier molecular flexibility index (Phi) is 10.1. The molecule has 0 bridgehead atoms. The van der Waals surface area contributed by atoms with Crippen LogP contribution in [-0.2, 0) is 0 Å². The lowest BCUT2D eigenvalue weighted by Gasteiger charge is -2.17. The SMILES string of the molecule is Cc1ccc2ccccc2c1-c1ccc(-c2nc(-c3ccc(-c4cccc5ccccc45)cc3)nc3c(-c4cccc(-c5ccccc5)c4)cc(-c4cccc(-c5ccccc5)c4)cc23)cc1. The zero-order valence-corrected chi connectivity index (χ0v) is 37.1. The third kappa shape index (κ3) is 7.55. The Morgan fingerprint density at radius 3 is 1.48 bits per heavy atom. The molecule has 67 heavy (non-hydrogen) atoms. The van der Waals surface area contributed by atoms with Crippen molar-refractivity contribution in [2.24, 2.45) is 0 Å². The van der Waals surface area contributed by atoms with E-state index in [4.69, 9.17) is 9.97 Å². The predicted octanol–water partition coefficient (Wildman–Crippen LogP) is 17.6. The van der Waals surface area contributed by atoms with Gasteiger partial charge in [0.25, 0.3) is 0 Å². The summed E-state index contributed by atoms with van der Waals surface area (Å²) in [6.07, 6.45) is 0. The molecule has 0 atom stereocenters. The summed E-state index contributed by atoms with van der Waals surface area (Å²) >= 11 is 0. The molecule has 0 saturated heterocycles. The summed E-state index contributed by atoms with van der Waals surface area (Å²) in [6, 6.07) is 89.5. The molecule has 1 heterocycles. The van der Waals surface area contributed by atoms with Gasteiger partial charge in [-0.15, -0.1) is 0 Å². The predicted molar refractivity (Wildman–Crippen MR) is 283 cm³/mol. The van der Waals surface area contributed by atoms with Crippen molar-refractivity contribution in [1.82, 2.24) is 9.97 Å². The Morgan fingerprint density at radius 1 is 0.269 bits per heavy atom. The summed E-state index contributed by atoms with van der Waals surface area (Å²) in [5, 5.41) is 5.94. The molecular weight excluding hydrogens is 809 g/mol. The first-order valence-electron chi connectivity index (χ1n) is 23.0. The lowest BCUT2D eigenvalue weighted by atomic mass is 9.90. The average molecular weight is 853 g/mol. The highest BCUT2D eigenvalue weighted by atomic mass is 14.9. The second-order valence-electron chi connectivity index (χ2n) is 17.4. The third-order valence-electron chi connectivity index (χ3n) is 13.2. The molecule has 0 fully saturated rings. The molecule has 11 aromatic carbocycles. The van der Waals surface area contributed by atoms with E-state index in [0.717, 1.165) is 61.1 Å². The molecule has 0 saturated carbocycles. The van der Waals surface area contributed by atoms with Gasteiger partial charge in [-0.2, -0.15) is 0 Å². The molecule has 1 aromatic heterocycles. The van der Waals surface area contributed by atoms with Gasteiger partial charge < -0.3 is 0 Å². The number of hydrogen-bond acceptors (Lipinski definition) is 2. The van der Waals surface area contributed by atoms with Crippen molar-refractivity contribution < 1.29 is 0 Å². The van der Waals surface area contributed by atoms with Crippen LogP contribution >= 0.6 is 0 Å². The maximum absolute atomic E-state index is 5.56. The monoisotopic (exact) mass is 852 g/mol. The fourth-order valence-corrected chi connectivity index (χ4v) is 9.81. The highest BCUT2D eigenvalue weighted by Gasteiger charge is 2.19. The van der Waals surface area contributed by atoms with Crippen molar-refractivity contribution in [3.05, 3.63) is 254 Å². The third-order valence-corrected chi connectivity index (χ3v) is 13.2. The number of aromatic nitrogens is 2. The van der Waals surface area contributed by atoms with Gasteiger partial charge in [-0.05, 0) is 119 Å². The fraction of sp³-hybridized carbons (Fsp3) is 0.0154. The van der Waals surface area contributed by atoms with E-state index >= 15 is 0 Å². The quantitative estimate of drug-likeness (QED) is 0.152. The van der Waals surface area contributed by atoms with Crippen LogP contribution in [0.2, 0.25) is 0 Å². The number of rotatable bonds is 8. The van der Waals surface area contributed by atoms with Gasteiger partial charge >= 0.3 is 0 Å². The van der Waals surface area contributed by atoms with Gasteiger partial charge in [0.2, 0.25) is 0 Å². The topological polar surface area (TPSA) is 25.8 Å². The highest BCUT2D eigenvalue weighted by Crippen LogP contribution is 2.42. The molecule has 0 N–H and O–H groups in total. The van der Waals surface area contributed by atoms with E-state index in [1.165, 1.54) is 60.5 Å². The largest absolute Gasteiger partial charge is 0.227 e. The molecule has 0 radical (unpaired) electrons. The summed E-state index contributed by atoms with van der Waals surface area (Å²) in [5.74, 6) is 0.681. The molecule has 0 aliphatic carbocycles. The second-order valence-corrected chi connectivity index (χ2v) is 17.4. The zero-order valence-electron chi connectivity index (χ0n) is 37.1. The summed E-state index contributed by atoms with van der Waals surface area (Å²) < 4.78 is 0. The normalized spacial score (nSPS) is 11.4. The fourth-order valence-electron chi connectivity index (χ4n) is 9.81. The molecule has 314 valence electrons. The lowest BCUT2D eigenvalue weighted by Crippen LogP contribution is -1.98. The Balaban J connectivity index is 1.09. The van der Waals surface area contributed by atoms with Crippen LogP contribution in [0.3, 0.4) is 0 Å². The minimum atomic E-state index is 0.681. The number of hydrogen-bond donors (Lipinski definition) is 0. The summed E-state index contributed by atoms with van der Waals surface area (Å²) in [7, 11) is 0. The minimum Gasteiger partial charge on any atom is -0.227 e. The van der Waals surface area contributed by atoms with Crippen molar-refractivity contribution >= 4 is 32.4 Å². The number of aryl methyl sites for hydroxylation is 1. The number of fused-ring (bicyclic) bond motifs is 3. The maximum atomic E-state index is 5.56. The smallest absolute Gasteiger partial charge is 0.160 e. The molecule has 2 nitrogen and oxygen atoms in total. The summed E-state index contributed by atoms with van der Waals surface area (Å²) in [5.41, 5.74) is 18.9. The molecule has 0 aliphatic heterocycles. The van der Waals surface area contributed by atoms with Crippen LogP contribution < -0.4 is 0 Å². The van der Waals surface area contributed by atoms with Crippen LogP contribution in [0.15, 0.2) is 249 Å². The average Bonchev–Trinajstić information content (AvgIpc) is 3.41. The summed E-state index contributed by atoms with van der Waals surface area (Å²) in [4.78, 5) is 11.1. The van der Waals surface area contributed by atoms with Crippen molar-refractivity contribution in [2.75, 3.05) is 0 Å². The van der Waals surface area contributed by atoms with E-state index in [1.54, 1.807) is 0 Å². The van der Waals surface area contributed by atoms with Crippen LogP contribution in [0.1, 0.15) is 5.56 Å². The number of nitrogens with zero attached hydrogens (tertiary/aromatic N) is 2. The summed E-state index contributed by atoms with van der Waals surface area (Å²) in [6.45, 7) is 2.20. The highest BCUT2D eigenvalue weighted by molar-refractivity contribution is 6.06. The van der Waals surface area contributed by atoms with E-state index < -0.39 is 0 Å². The van der Waals surface area contributed by atoms with Crippen molar-refractivity contribution in [1.29, 1.82) is 0 Å². The van der Waals surface area contributed by atoms with Crippen LogP contribution in [0.5, 0.6) is 0 Å². The first-order valence-corrected chi connectivity index (χ1v) is 23.0. The van der Waals surface area contributed by atoms with Crippen LogP contribution in [0, 0.1) is 6.92 Å². The van der Waals surface area contributed by atoms with Gasteiger partial charge in [-0.3, -0.25) is 0 Å². The first-order chi connectivity index (χ1) is 33.1. The Bertz CT molecular complexity index is 3770. The van der Waals surface area contributed by atoms with Gasteiger partial charge in [0.05, 0.1) is 11.2 Å². The lowest BCUT2D eigenvalue weighted by molar-refractivity contribution is 1.23. The molecule has 2 heteroatoms. The van der Waals surface area contributed by atoms with Crippen LogP contribution in [0.25, 0.3) is 122 Å². The molecule has 12 rings (SSSR count). The van der Waals surface area contributed by atoms with Gasteiger partial charge in [0, 0.05) is 22.1 Å². The van der Waals surface area contributed by atoms with Crippen molar-refractivity contribution in [2.45, 2.75) is 6.92 Å². The van der Waals surface area contributed by atoms with E-state index in [9.17, 15) is 0 Å². The first kappa shape index (κ1) is 39.8. The van der Waals surface area contributed by atoms with Crippen LogP contribution in [0.4, 0.5) is 0 Å². The molecule has 0 spiro atoms. The molecule has 0 amide bonds. The Hall–Kier alpha value is -8.72. The van der Waals surface area contributed by atoms with E-state index in [0.29, 0.717) is 5.82 Å². The second kappa shape index (κ2) is 17.0.